The molecular weight excluding hydrogens is 383 g/mol. The highest BCUT2D eigenvalue weighted by Gasteiger charge is 2.28. The van der Waals surface area contributed by atoms with E-state index in [0.29, 0.717) is 13.0 Å². The van der Waals surface area contributed by atoms with Crippen molar-refractivity contribution in [3.63, 3.8) is 0 Å². The molecule has 162 valence electrons. The van der Waals surface area contributed by atoms with Crippen LogP contribution in [-0.2, 0) is 16.1 Å². The molecule has 0 radical (unpaired) electrons. The van der Waals surface area contributed by atoms with E-state index in [1.54, 1.807) is 12.1 Å². The highest BCUT2D eigenvalue weighted by atomic mass is 19.1. The van der Waals surface area contributed by atoms with Crippen LogP contribution in [0.25, 0.3) is 0 Å². The largest absolute Gasteiger partial charge is 0.481 e. The van der Waals surface area contributed by atoms with Crippen molar-refractivity contribution in [2.24, 2.45) is 0 Å². The Morgan fingerprint density at radius 1 is 1.10 bits per heavy atom. The van der Waals surface area contributed by atoms with Crippen LogP contribution in [0.15, 0.2) is 48.5 Å². The third-order valence-electron chi connectivity index (χ3n) is 4.88. The maximum atomic E-state index is 13.8. The summed E-state index contributed by atoms with van der Waals surface area (Å²) < 4.78 is 19.2. The van der Waals surface area contributed by atoms with E-state index in [4.69, 9.17) is 4.74 Å². The second-order valence-corrected chi connectivity index (χ2v) is 7.29. The lowest BCUT2D eigenvalue weighted by Gasteiger charge is -2.30. The number of halogens is 1. The Labute approximate surface area is 178 Å². The minimum atomic E-state index is -0.625. The summed E-state index contributed by atoms with van der Waals surface area (Å²) >= 11 is 0. The number of rotatable bonds is 11. The van der Waals surface area contributed by atoms with Gasteiger partial charge in [0, 0.05) is 13.1 Å². The molecule has 0 saturated carbocycles. The molecule has 2 aromatic rings. The maximum Gasteiger partial charge on any atom is 0.261 e. The molecule has 0 aliphatic rings. The molecule has 0 fully saturated rings. The minimum Gasteiger partial charge on any atom is -0.481 e. The van der Waals surface area contributed by atoms with Crippen LogP contribution in [0.4, 0.5) is 4.39 Å². The van der Waals surface area contributed by atoms with E-state index >= 15 is 0 Å². The number of aryl methyl sites for hydroxylation is 1. The number of ether oxygens (including phenoxy) is 1. The van der Waals surface area contributed by atoms with Gasteiger partial charge in [0.25, 0.3) is 5.91 Å². The fourth-order valence-electron chi connectivity index (χ4n) is 3.10. The molecule has 5 nitrogen and oxygen atoms in total. The predicted molar refractivity (Wildman–Crippen MR) is 116 cm³/mol. The normalized spacial score (nSPS) is 11.6. The summed E-state index contributed by atoms with van der Waals surface area (Å²) in [6.07, 6.45) is 2.32. The Morgan fingerprint density at radius 2 is 1.80 bits per heavy atom. The van der Waals surface area contributed by atoms with Crippen LogP contribution in [0, 0.1) is 12.7 Å². The smallest absolute Gasteiger partial charge is 0.261 e. The summed E-state index contributed by atoms with van der Waals surface area (Å²) in [7, 11) is 0. The maximum absolute atomic E-state index is 13.8. The third-order valence-corrected chi connectivity index (χ3v) is 4.88. The number of nitrogens with zero attached hydrogens (tertiary/aromatic N) is 1. The van der Waals surface area contributed by atoms with Gasteiger partial charge in [-0.05, 0) is 37.5 Å². The van der Waals surface area contributed by atoms with Gasteiger partial charge in [-0.15, -0.1) is 0 Å². The van der Waals surface area contributed by atoms with Crippen LogP contribution in [0.3, 0.4) is 0 Å². The second kappa shape index (κ2) is 12.0. The average Bonchev–Trinajstić information content (AvgIpc) is 2.74. The number of hydrogen-bond acceptors (Lipinski definition) is 3. The number of unbranched alkanes of at least 4 members (excludes halogenated alkanes) is 1. The van der Waals surface area contributed by atoms with Crippen molar-refractivity contribution in [1.29, 1.82) is 0 Å². The molecule has 1 N–H and O–H groups in total. The molecule has 0 spiro atoms. The summed E-state index contributed by atoms with van der Waals surface area (Å²) in [4.78, 5) is 27.3. The molecule has 1 atom stereocenters. The summed E-state index contributed by atoms with van der Waals surface area (Å²) in [6.45, 7) is 6.42. The second-order valence-electron chi connectivity index (χ2n) is 7.29. The fraction of sp³-hybridized carbons (Fsp3) is 0.417. The van der Waals surface area contributed by atoms with E-state index in [1.807, 2.05) is 38.1 Å². The Bertz CT molecular complexity index is 823. The topological polar surface area (TPSA) is 58.6 Å². The zero-order valence-electron chi connectivity index (χ0n) is 18.0. The number of para-hydroxylation sites is 1. The van der Waals surface area contributed by atoms with Crippen molar-refractivity contribution < 1.29 is 18.7 Å². The van der Waals surface area contributed by atoms with Crippen LogP contribution in [0.5, 0.6) is 5.75 Å². The number of nitrogens with one attached hydrogen (secondary N) is 1. The van der Waals surface area contributed by atoms with E-state index in [-0.39, 0.29) is 30.7 Å². The molecule has 0 aliphatic carbocycles. The molecule has 0 unspecified atom stereocenters. The molecule has 2 amide bonds. The monoisotopic (exact) mass is 414 g/mol. The minimum absolute atomic E-state index is 0.0154. The number of benzene rings is 2. The van der Waals surface area contributed by atoms with Gasteiger partial charge in [0.05, 0.1) is 0 Å². The number of hydrogen-bond donors (Lipinski definition) is 1. The first kappa shape index (κ1) is 23.4. The summed E-state index contributed by atoms with van der Waals surface area (Å²) in [5.41, 5.74) is 2.03. The highest BCUT2D eigenvalue weighted by Crippen LogP contribution is 2.17. The molecule has 2 rings (SSSR count). The Morgan fingerprint density at radius 3 is 2.43 bits per heavy atom. The molecular formula is C24H31FN2O3. The van der Waals surface area contributed by atoms with Gasteiger partial charge in [-0.25, -0.2) is 4.39 Å². The lowest BCUT2D eigenvalue weighted by molar-refractivity contribution is -0.143. The number of carbonyl (C=O) groups excluding carboxylic acids is 2. The molecule has 30 heavy (non-hydrogen) atoms. The average molecular weight is 415 g/mol. The third kappa shape index (κ3) is 6.87. The Kier molecular flexibility index (Phi) is 9.32. The van der Waals surface area contributed by atoms with E-state index in [1.165, 1.54) is 17.0 Å². The van der Waals surface area contributed by atoms with E-state index in [0.717, 1.165) is 24.0 Å². The quantitative estimate of drug-likeness (QED) is 0.560. The first-order valence-corrected chi connectivity index (χ1v) is 10.5. The van der Waals surface area contributed by atoms with E-state index in [9.17, 15) is 14.0 Å². The van der Waals surface area contributed by atoms with Crippen LogP contribution < -0.4 is 10.1 Å². The van der Waals surface area contributed by atoms with Gasteiger partial charge >= 0.3 is 0 Å². The SMILES string of the molecule is CCCCNC(=O)[C@@H](CC)N(Cc1ccc(C)cc1)C(=O)COc1ccccc1F. The van der Waals surface area contributed by atoms with Gasteiger partial charge in [0.2, 0.25) is 5.91 Å². The summed E-state index contributed by atoms with van der Waals surface area (Å²) in [5.74, 6) is -1.06. The van der Waals surface area contributed by atoms with Crippen LogP contribution >= 0.6 is 0 Å². The van der Waals surface area contributed by atoms with Crippen molar-refractivity contribution >= 4 is 11.8 Å². The van der Waals surface area contributed by atoms with Crippen molar-refractivity contribution in [2.75, 3.05) is 13.2 Å². The van der Waals surface area contributed by atoms with Gasteiger partial charge < -0.3 is 15.0 Å². The lowest BCUT2D eigenvalue weighted by Crippen LogP contribution is -2.50. The van der Waals surface area contributed by atoms with Crippen molar-refractivity contribution in [1.82, 2.24) is 10.2 Å². The molecule has 0 saturated heterocycles. The predicted octanol–water partition coefficient (Wildman–Crippen LogP) is 4.24. The van der Waals surface area contributed by atoms with Crippen LogP contribution in [0.1, 0.15) is 44.2 Å². The van der Waals surface area contributed by atoms with Gasteiger partial charge in [0.1, 0.15) is 6.04 Å². The van der Waals surface area contributed by atoms with Gasteiger partial charge in [0.15, 0.2) is 18.2 Å². The number of amides is 2. The van der Waals surface area contributed by atoms with Gasteiger partial charge in [-0.2, -0.15) is 0 Å². The fourth-order valence-corrected chi connectivity index (χ4v) is 3.10. The molecule has 0 heterocycles. The van der Waals surface area contributed by atoms with Crippen LogP contribution in [-0.4, -0.2) is 35.9 Å². The zero-order chi connectivity index (χ0) is 21.9. The lowest BCUT2D eigenvalue weighted by atomic mass is 10.1. The zero-order valence-corrected chi connectivity index (χ0v) is 18.0. The summed E-state index contributed by atoms with van der Waals surface area (Å²) in [5, 5.41) is 2.91. The van der Waals surface area contributed by atoms with Crippen molar-refractivity contribution in [3.05, 3.63) is 65.5 Å². The first-order chi connectivity index (χ1) is 14.5. The van der Waals surface area contributed by atoms with Crippen molar-refractivity contribution in [2.45, 2.75) is 52.6 Å². The highest BCUT2D eigenvalue weighted by molar-refractivity contribution is 5.88. The molecule has 0 bridgehead atoms. The Hall–Kier alpha value is -2.89. The Balaban J connectivity index is 2.17. The molecule has 2 aromatic carbocycles. The van der Waals surface area contributed by atoms with Crippen molar-refractivity contribution in [3.8, 4) is 5.75 Å². The van der Waals surface area contributed by atoms with E-state index < -0.39 is 11.9 Å². The standard InChI is InChI=1S/C24H31FN2O3/c1-4-6-15-26-24(29)21(5-2)27(16-19-13-11-18(3)12-14-19)23(28)17-30-22-10-8-7-9-20(22)25/h7-14,21H,4-6,15-17H2,1-3H3,(H,26,29)/t21-/m1/s1. The first-order valence-electron chi connectivity index (χ1n) is 10.5. The van der Waals surface area contributed by atoms with Gasteiger partial charge in [-0.3, -0.25) is 9.59 Å². The summed E-state index contributed by atoms with van der Waals surface area (Å²) in [6, 6.07) is 13.1. The van der Waals surface area contributed by atoms with E-state index in [2.05, 4.69) is 12.2 Å². The number of carbonyl (C=O) groups is 2. The van der Waals surface area contributed by atoms with Gasteiger partial charge in [-0.1, -0.05) is 62.2 Å². The van der Waals surface area contributed by atoms with Crippen LogP contribution in [0.2, 0.25) is 0 Å². The molecule has 0 aliphatic heterocycles. The molecule has 0 aromatic heterocycles. The molecule has 6 heteroatoms.